The van der Waals surface area contributed by atoms with Crippen molar-refractivity contribution in [1.29, 1.82) is 0 Å². The number of methoxy groups -OCH3 is 1. The molecule has 0 atom stereocenters. The Morgan fingerprint density at radius 1 is 1.12 bits per heavy atom. The Kier molecular flexibility index (Phi) is 5.69. The third kappa shape index (κ3) is 3.95. The fraction of sp³-hybridized carbons (Fsp3) is 0.136. The van der Waals surface area contributed by atoms with Crippen molar-refractivity contribution in [2.75, 3.05) is 7.11 Å². The van der Waals surface area contributed by atoms with Gasteiger partial charge in [0, 0.05) is 31.4 Å². The van der Waals surface area contributed by atoms with E-state index in [4.69, 9.17) is 21.5 Å². The first-order valence-electron chi connectivity index (χ1n) is 9.50. The molecule has 0 saturated heterocycles. The van der Waals surface area contributed by atoms with E-state index in [1.807, 2.05) is 30.3 Å². The second-order valence-corrected chi connectivity index (χ2v) is 7.27. The van der Waals surface area contributed by atoms with Crippen molar-refractivity contribution >= 4 is 24.1 Å². The molecule has 32 heavy (non-hydrogen) atoms. The van der Waals surface area contributed by atoms with Crippen molar-refractivity contribution in [1.82, 2.24) is 19.3 Å². The first-order valence-corrected chi connectivity index (χ1v) is 9.91. The Hall–Kier alpha value is -4.05. The SMILES string of the molecule is COc1ccc(-c2noc(-c3cccc(N=Cc4c(O)n(C)c(=S)n(C)c4=O)c3)n2)cc1. The zero-order valence-corrected chi connectivity index (χ0v) is 18.3. The van der Waals surface area contributed by atoms with Gasteiger partial charge in [-0.3, -0.25) is 18.9 Å². The molecular formula is C22H19N5O4S. The maximum atomic E-state index is 12.4. The number of benzene rings is 2. The van der Waals surface area contributed by atoms with E-state index in [9.17, 15) is 9.90 Å². The number of aliphatic imine (C=N–C) groups is 1. The summed E-state index contributed by atoms with van der Waals surface area (Å²) < 4.78 is 13.4. The van der Waals surface area contributed by atoms with E-state index in [0.717, 1.165) is 11.3 Å². The number of aromatic nitrogens is 4. The van der Waals surface area contributed by atoms with Gasteiger partial charge in [0.05, 0.1) is 12.8 Å². The maximum Gasteiger partial charge on any atom is 0.266 e. The predicted molar refractivity (Wildman–Crippen MR) is 122 cm³/mol. The van der Waals surface area contributed by atoms with Crippen molar-refractivity contribution < 1.29 is 14.4 Å². The zero-order valence-electron chi connectivity index (χ0n) is 17.5. The molecule has 0 fully saturated rings. The first kappa shape index (κ1) is 21.2. The summed E-state index contributed by atoms with van der Waals surface area (Å²) in [5.74, 6) is 1.26. The Balaban J connectivity index is 1.64. The zero-order chi connectivity index (χ0) is 22.8. The molecule has 0 radical (unpaired) electrons. The normalized spacial score (nSPS) is 11.2. The van der Waals surface area contributed by atoms with Crippen molar-refractivity contribution in [3.05, 3.63) is 69.2 Å². The molecule has 0 bridgehead atoms. The average molecular weight is 449 g/mol. The number of ether oxygens (including phenoxy) is 1. The number of rotatable bonds is 5. The molecule has 2 heterocycles. The Bertz CT molecular complexity index is 1430. The predicted octanol–water partition coefficient (Wildman–Crippen LogP) is 3.64. The van der Waals surface area contributed by atoms with Crippen molar-refractivity contribution in [2.24, 2.45) is 19.1 Å². The first-order chi connectivity index (χ1) is 15.4. The minimum absolute atomic E-state index is 0.0357. The lowest BCUT2D eigenvalue weighted by atomic mass is 10.2. The second kappa shape index (κ2) is 8.60. The Labute approximate surface area is 187 Å². The monoisotopic (exact) mass is 449 g/mol. The molecule has 0 spiro atoms. The third-order valence-corrected chi connectivity index (χ3v) is 5.43. The molecule has 0 aliphatic heterocycles. The summed E-state index contributed by atoms with van der Waals surface area (Å²) in [5, 5.41) is 14.3. The minimum Gasteiger partial charge on any atom is -0.497 e. The lowest BCUT2D eigenvalue weighted by Gasteiger charge is -2.09. The molecule has 2 aromatic heterocycles. The molecule has 0 aliphatic rings. The Morgan fingerprint density at radius 3 is 2.59 bits per heavy atom. The van der Waals surface area contributed by atoms with Gasteiger partial charge in [0.2, 0.25) is 11.7 Å². The molecular weight excluding hydrogens is 430 g/mol. The van der Waals surface area contributed by atoms with E-state index in [1.165, 1.54) is 22.4 Å². The van der Waals surface area contributed by atoms with Crippen LogP contribution in [0.15, 0.2) is 62.8 Å². The van der Waals surface area contributed by atoms with Crippen molar-refractivity contribution in [2.45, 2.75) is 0 Å². The van der Waals surface area contributed by atoms with Gasteiger partial charge < -0.3 is 14.4 Å². The van der Waals surface area contributed by atoms with Crippen LogP contribution in [-0.4, -0.2) is 37.7 Å². The highest BCUT2D eigenvalue weighted by atomic mass is 32.1. The van der Waals surface area contributed by atoms with E-state index in [2.05, 4.69) is 15.1 Å². The fourth-order valence-corrected chi connectivity index (χ4v) is 3.20. The van der Waals surface area contributed by atoms with E-state index < -0.39 is 5.56 Å². The molecule has 4 aromatic rings. The molecule has 10 heteroatoms. The summed E-state index contributed by atoms with van der Waals surface area (Å²) in [4.78, 5) is 21.2. The third-order valence-electron chi connectivity index (χ3n) is 4.88. The lowest BCUT2D eigenvalue weighted by molar-refractivity contribution is 0.414. The van der Waals surface area contributed by atoms with E-state index in [-0.39, 0.29) is 16.2 Å². The van der Waals surface area contributed by atoms with Crippen LogP contribution >= 0.6 is 12.2 Å². The topological polar surface area (TPSA) is 108 Å². The summed E-state index contributed by atoms with van der Waals surface area (Å²) in [5.41, 5.74) is 1.59. The summed E-state index contributed by atoms with van der Waals surface area (Å²) in [7, 11) is 4.72. The van der Waals surface area contributed by atoms with Gasteiger partial charge >= 0.3 is 0 Å². The minimum atomic E-state index is -0.438. The summed E-state index contributed by atoms with van der Waals surface area (Å²) in [6.45, 7) is 0. The van der Waals surface area contributed by atoms with Crippen LogP contribution in [0.1, 0.15) is 5.56 Å². The van der Waals surface area contributed by atoms with E-state index in [0.29, 0.717) is 23.0 Å². The number of nitrogens with zero attached hydrogens (tertiary/aromatic N) is 5. The van der Waals surface area contributed by atoms with Crippen LogP contribution in [0.2, 0.25) is 0 Å². The number of hydrogen-bond donors (Lipinski definition) is 1. The van der Waals surface area contributed by atoms with E-state index in [1.54, 1.807) is 32.4 Å². The average Bonchev–Trinajstić information content (AvgIpc) is 3.32. The second-order valence-electron chi connectivity index (χ2n) is 6.90. The molecule has 0 aliphatic carbocycles. The molecule has 9 nitrogen and oxygen atoms in total. The molecule has 0 unspecified atom stereocenters. The maximum absolute atomic E-state index is 12.4. The molecule has 4 rings (SSSR count). The van der Waals surface area contributed by atoms with Gasteiger partial charge in [-0.25, -0.2) is 0 Å². The van der Waals surface area contributed by atoms with Crippen LogP contribution in [0, 0.1) is 4.77 Å². The standard InChI is InChI=1S/C22H19N5O4S/c1-26-20(28)17(21(29)27(2)22(26)32)12-23-15-6-4-5-14(11-15)19-24-18(25-31-19)13-7-9-16(30-3)10-8-13/h4-12,28H,1-3H3. The smallest absolute Gasteiger partial charge is 0.266 e. The van der Waals surface area contributed by atoms with Crippen LogP contribution in [0.4, 0.5) is 5.69 Å². The molecule has 0 amide bonds. The molecule has 162 valence electrons. The summed E-state index contributed by atoms with van der Waals surface area (Å²) >= 11 is 5.12. The van der Waals surface area contributed by atoms with Crippen LogP contribution < -0.4 is 10.3 Å². The van der Waals surface area contributed by atoms with Gasteiger partial charge in [-0.05, 0) is 54.7 Å². The van der Waals surface area contributed by atoms with Gasteiger partial charge in [0.25, 0.3) is 11.4 Å². The van der Waals surface area contributed by atoms with Crippen molar-refractivity contribution in [3.63, 3.8) is 0 Å². The summed E-state index contributed by atoms with van der Waals surface area (Å²) in [6, 6.07) is 14.4. The van der Waals surface area contributed by atoms with Crippen LogP contribution in [-0.2, 0) is 14.1 Å². The highest BCUT2D eigenvalue weighted by molar-refractivity contribution is 7.71. The van der Waals surface area contributed by atoms with Gasteiger partial charge in [0.1, 0.15) is 11.3 Å². The highest BCUT2D eigenvalue weighted by Crippen LogP contribution is 2.26. The van der Waals surface area contributed by atoms with Crippen LogP contribution in [0.3, 0.4) is 0 Å². The quantitative estimate of drug-likeness (QED) is 0.366. The number of aromatic hydroxyl groups is 1. The lowest BCUT2D eigenvalue weighted by Crippen LogP contribution is -2.25. The van der Waals surface area contributed by atoms with Gasteiger partial charge in [-0.15, -0.1) is 0 Å². The van der Waals surface area contributed by atoms with Gasteiger partial charge in [-0.2, -0.15) is 4.98 Å². The largest absolute Gasteiger partial charge is 0.497 e. The molecule has 1 N–H and O–H groups in total. The van der Waals surface area contributed by atoms with Crippen molar-refractivity contribution in [3.8, 4) is 34.5 Å². The van der Waals surface area contributed by atoms with E-state index >= 15 is 0 Å². The van der Waals surface area contributed by atoms with Gasteiger partial charge in [-0.1, -0.05) is 11.2 Å². The van der Waals surface area contributed by atoms with Gasteiger partial charge in [0.15, 0.2) is 4.77 Å². The highest BCUT2D eigenvalue weighted by Gasteiger charge is 2.13. The van der Waals surface area contributed by atoms with Crippen LogP contribution in [0.25, 0.3) is 22.8 Å². The number of hydrogen-bond acceptors (Lipinski definition) is 8. The summed E-state index contributed by atoms with van der Waals surface area (Å²) in [6.07, 6.45) is 1.31. The molecule has 0 saturated carbocycles. The fourth-order valence-electron chi connectivity index (χ4n) is 3.03. The Morgan fingerprint density at radius 2 is 1.88 bits per heavy atom. The molecule has 2 aromatic carbocycles. The van der Waals surface area contributed by atoms with Crippen LogP contribution in [0.5, 0.6) is 11.6 Å².